The summed E-state index contributed by atoms with van der Waals surface area (Å²) in [7, 11) is 0. The van der Waals surface area contributed by atoms with E-state index < -0.39 is 6.03 Å². The summed E-state index contributed by atoms with van der Waals surface area (Å²) < 4.78 is 5.39. The molecule has 2 N–H and O–H groups in total. The van der Waals surface area contributed by atoms with Crippen LogP contribution in [0.3, 0.4) is 0 Å². The molecule has 0 radical (unpaired) electrons. The van der Waals surface area contributed by atoms with Gasteiger partial charge in [-0.2, -0.15) is 0 Å². The van der Waals surface area contributed by atoms with E-state index in [1.54, 1.807) is 35.2 Å². The summed E-state index contributed by atoms with van der Waals surface area (Å²) in [5.41, 5.74) is 0.604. The second kappa shape index (κ2) is 8.07. The molecule has 2 rings (SSSR count). The SMILES string of the molecule is C=CCOc1cccc(NC(=O)NCC(=O)N2CCCC2)c1. The molecule has 1 aliphatic rings. The van der Waals surface area contributed by atoms with Crippen molar-refractivity contribution in [2.45, 2.75) is 12.8 Å². The number of carbonyl (C=O) groups is 2. The van der Waals surface area contributed by atoms with Crippen molar-refractivity contribution in [3.63, 3.8) is 0 Å². The van der Waals surface area contributed by atoms with E-state index in [9.17, 15) is 9.59 Å². The van der Waals surface area contributed by atoms with Gasteiger partial charge in [0.2, 0.25) is 5.91 Å². The Labute approximate surface area is 130 Å². The lowest BCUT2D eigenvalue weighted by atomic mass is 10.3. The fraction of sp³-hybridized carbons (Fsp3) is 0.375. The van der Waals surface area contributed by atoms with Crippen LogP contribution in [-0.4, -0.2) is 43.1 Å². The molecule has 118 valence electrons. The van der Waals surface area contributed by atoms with E-state index in [0.29, 0.717) is 18.0 Å². The average molecular weight is 303 g/mol. The molecule has 0 atom stereocenters. The Bertz CT molecular complexity index is 539. The zero-order valence-corrected chi connectivity index (χ0v) is 12.5. The summed E-state index contributed by atoms with van der Waals surface area (Å²) in [6.07, 6.45) is 3.72. The number of likely N-dealkylation sites (tertiary alicyclic amines) is 1. The van der Waals surface area contributed by atoms with E-state index in [0.717, 1.165) is 25.9 Å². The van der Waals surface area contributed by atoms with Crippen LogP contribution >= 0.6 is 0 Å². The lowest BCUT2D eigenvalue weighted by Crippen LogP contribution is -2.40. The van der Waals surface area contributed by atoms with Gasteiger partial charge in [0.05, 0.1) is 6.54 Å². The molecule has 0 spiro atoms. The number of benzene rings is 1. The van der Waals surface area contributed by atoms with E-state index in [1.165, 1.54) is 0 Å². The molecule has 1 aliphatic heterocycles. The third kappa shape index (κ3) is 4.80. The van der Waals surface area contributed by atoms with E-state index in [4.69, 9.17) is 4.74 Å². The maximum Gasteiger partial charge on any atom is 0.319 e. The average Bonchev–Trinajstić information content (AvgIpc) is 3.05. The Morgan fingerprint density at radius 1 is 1.32 bits per heavy atom. The second-order valence-corrected chi connectivity index (χ2v) is 5.02. The highest BCUT2D eigenvalue weighted by molar-refractivity contribution is 5.92. The van der Waals surface area contributed by atoms with Crippen molar-refractivity contribution >= 4 is 17.6 Å². The number of nitrogens with one attached hydrogen (secondary N) is 2. The normalized spacial score (nSPS) is 13.5. The first-order chi connectivity index (χ1) is 10.7. The van der Waals surface area contributed by atoms with Gasteiger partial charge in [-0.1, -0.05) is 18.7 Å². The minimum Gasteiger partial charge on any atom is -0.489 e. The maximum absolute atomic E-state index is 11.8. The van der Waals surface area contributed by atoms with Gasteiger partial charge in [0.25, 0.3) is 0 Å². The van der Waals surface area contributed by atoms with Crippen LogP contribution in [0, 0.1) is 0 Å². The first-order valence-electron chi connectivity index (χ1n) is 7.35. The van der Waals surface area contributed by atoms with Crippen molar-refractivity contribution in [1.29, 1.82) is 0 Å². The summed E-state index contributed by atoms with van der Waals surface area (Å²) in [6, 6.07) is 6.63. The van der Waals surface area contributed by atoms with Crippen LogP contribution in [0.4, 0.5) is 10.5 Å². The van der Waals surface area contributed by atoms with Gasteiger partial charge in [-0.3, -0.25) is 4.79 Å². The standard InChI is InChI=1S/C16H21N3O3/c1-2-10-22-14-7-5-6-13(11-14)18-16(21)17-12-15(20)19-8-3-4-9-19/h2,5-7,11H,1,3-4,8-10,12H2,(H2,17,18,21). The zero-order valence-electron chi connectivity index (χ0n) is 12.5. The van der Waals surface area contributed by atoms with Crippen LogP contribution in [0.1, 0.15) is 12.8 Å². The Morgan fingerprint density at radius 3 is 2.82 bits per heavy atom. The summed E-state index contributed by atoms with van der Waals surface area (Å²) >= 11 is 0. The predicted octanol–water partition coefficient (Wildman–Crippen LogP) is 2.00. The molecular formula is C16H21N3O3. The number of anilines is 1. The van der Waals surface area contributed by atoms with Crippen LogP contribution < -0.4 is 15.4 Å². The van der Waals surface area contributed by atoms with Gasteiger partial charge in [-0.05, 0) is 25.0 Å². The fourth-order valence-electron chi connectivity index (χ4n) is 2.23. The molecule has 22 heavy (non-hydrogen) atoms. The summed E-state index contributed by atoms with van der Waals surface area (Å²) in [6.45, 7) is 5.56. The summed E-state index contributed by atoms with van der Waals surface area (Å²) in [5, 5.41) is 5.25. The molecule has 1 aromatic carbocycles. The van der Waals surface area contributed by atoms with E-state index in [1.807, 2.05) is 0 Å². The highest BCUT2D eigenvalue weighted by Gasteiger charge is 2.18. The van der Waals surface area contributed by atoms with Crippen molar-refractivity contribution in [3.05, 3.63) is 36.9 Å². The third-order valence-corrected chi connectivity index (χ3v) is 3.32. The van der Waals surface area contributed by atoms with Crippen LogP contribution in [0.2, 0.25) is 0 Å². The molecular weight excluding hydrogens is 282 g/mol. The van der Waals surface area contributed by atoms with Crippen molar-refractivity contribution in [1.82, 2.24) is 10.2 Å². The van der Waals surface area contributed by atoms with Crippen LogP contribution in [-0.2, 0) is 4.79 Å². The number of rotatable bonds is 6. The van der Waals surface area contributed by atoms with Crippen molar-refractivity contribution < 1.29 is 14.3 Å². The molecule has 0 bridgehead atoms. The van der Waals surface area contributed by atoms with Crippen LogP contribution in [0.15, 0.2) is 36.9 Å². The molecule has 0 aromatic heterocycles. The number of urea groups is 1. The molecule has 6 nitrogen and oxygen atoms in total. The third-order valence-electron chi connectivity index (χ3n) is 3.32. The highest BCUT2D eigenvalue weighted by atomic mass is 16.5. The van der Waals surface area contributed by atoms with Gasteiger partial charge in [0.1, 0.15) is 12.4 Å². The van der Waals surface area contributed by atoms with Crippen molar-refractivity contribution in [2.75, 3.05) is 31.6 Å². The molecule has 0 unspecified atom stereocenters. The lowest BCUT2D eigenvalue weighted by molar-refractivity contribution is -0.128. The van der Waals surface area contributed by atoms with Gasteiger partial charge in [0.15, 0.2) is 0 Å². The molecule has 6 heteroatoms. The number of hydrogen-bond acceptors (Lipinski definition) is 3. The van der Waals surface area contributed by atoms with Gasteiger partial charge in [0, 0.05) is 24.8 Å². The quantitative estimate of drug-likeness (QED) is 0.790. The van der Waals surface area contributed by atoms with Gasteiger partial charge < -0.3 is 20.3 Å². The van der Waals surface area contributed by atoms with Crippen molar-refractivity contribution in [2.24, 2.45) is 0 Å². The predicted molar refractivity (Wildman–Crippen MR) is 85.0 cm³/mol. The minimum absolute atomic E-state index is 0.0124. The molecule has 1 aromatic rings. The Balaban J connectivity index is 1.78. The molecule has 1 saturated heterocycles. The number of amides is 3. The summed E-state index contributed by atoms with van der Waals surface area (Å²) in [5.74, 6) is 0.599. The van der Waals surface area contributed by atoms with Gasteiger partial charge in [-0.15, -0.1) is 0 Å². The monoisotopic (exact) mass is 303 g/mol. The Morgan fingerprint density at radius 2 is 2.09 bits per heavy atom. The van der Waals surface area contributed by atoms with E-state index in [-0.39, 0.29) is 12.5 Å². The second-order valence-electron chi connectivity index (χ2n) is 5.02. The highest BCUT2D eigenvalue weighted by Crippen LogP contribution is 2.17. The minimum atomic E-state index is -0.409. The molecule has 1 heterocycles. The van der Waals surface area contributed by atoms with E-state index in [2.05, 4.69) is 17.2 Å². The Kier molecular flexibility index (Phi) is 5.82. The number of carbonyl (C=O) groups excluding carboxylic acids is 2. The maximum atomic E-state index is 11.8. The largest absolute Gasteiger partial charge is 0.489 e. The van der Waals surface area contributed by atoms with Crippen LogP contribution in [0.25, 0.3) is 0 Å². The molecule has 3 amide bonds. The topological polar surface area (TPSA) is 70.7 Å². The zero-order chi connectivity index (χ0) is 15.8. The number of nitrogens with zero attached hydrogens (tertiary/aromatic N) is 1. The molecule has 0 aliphatic carbocycles. The molecule has 1 fully saturated rings. The number of hydrogen-bond donors (Lipinski definition) is 2. The number of ether oxygens (including phenoxy) is 1. The van der Waals surface area contributed by atoms with Gasteiger partial charge >= 0.3 is 6.03 Å². The van der Waals surface area contributed by atoms with Crippen molar-refractivity contribution in [3.8, 4) is 5.75 Å². The Hall–Kier alpha value is -2.50. The summed E-state index contributed by atoms with van der Waals surface area (Å²) in [4.78, 5) is 25.4. The molecule has 0 saturated carbocycles. The van der Waals surface area contributed by atoms with Crippen LogP contribution in [0.5, 0.6) is 5.75 Å². The van der Waals surface area contributed by atoms with E-state index >= 15 is 0 Å². The van der Waals surface area contributed by atoms with Gasteiger partial charge in [-0.25, -0.2) is 4.79 Å². The smallest absolute Gasteiger partial charge is 0.319 e. The lowest BCUT2D eigenvalue weighted by Gasteiger charge is -2.15. The first kappa shape index (κ1) is 15.9. The first-order valence-corrected chi connectivity index (χ1v) is 7.35. The fourth-order valence-corrected chi connectivity index (χ4v) is 2.23.